The molecule has 19 heavy (non-hydrogen) atoms. The van der Waals surface area contributed by atoms with Crippen molar-refractivity contribution in [2.75, 3.05) is 44.1 Å². The van der Waals surface area contributed by atoms with E-state index in [1.807, 2.05) is 38.8 Å². The van der Waals surface area contributed by atoms with Crippen LogP contribution in [-0.2, 0) is 4.74 Å². The highest BCUT2D eigenvalue weighted by Gasteiger charge is 2.16. The third kappa shape index (κ3) is 5.85. The van der Waals surface area contributed by atoms with Crippen LogP contribution in [0.25, 0.3) is 0 Å². The topological polar surface area (TPSA) is 76.3 Å². The Morgan fingerprint density at radius 2 is 2.11 bits per heavy atom. The highest BCUT2D eigenvalue weighted by Crippen LogP contribution is 2.16. The molecule has 6 nitrogen and oxygen atoms in total. The summed E-state index contributed by atoms with van der Waals surface area (Å²) in [5.41, 5.74) is 5.76. The van der Waals surface area contributed by atoms with E-state index in [0.717, 1.165) is 30.5 Å². The molecular formula is C13H25N5O. The van der Waals surface area contributed by atoms with E-state index in [2.05, 4.69) is 15.3 Å². The fourth-order valence-electron chi connectivity index (χ4n) is 1.81. The van der Waals surface area contributed by atoms with Crippen LogP contribution >= 0.6 is 0 Å². The maximum atomic E-state index is 6.03. The molecule has 0 saturated heterocycles. The van der Waals surface area contributed by atoms with E-state index in [1.165, 1.54) is 0 Å². The van der Waals surface area contributed by atoms with E-state index in [4.69, 9.17) is 10.5 Å². The number of anilines is 2. The number of aryl methyl sites for hydroxylation is 1. The molecule has 1 heterocycles. The molecule has 0 fully saturated rings. The number of aromatic nitrogens is 2. The van der Waals surface area contributed by atoms with Gasteiger partial charge in [0.15, 0.2) is 0 Å². The number of ether oxygens (including phenoxy) is 1. The smallest absolute Gasteiger partial charge is 0.134 e. The Balaban J connectivity index is 2.78. The van der Waals surface area contributed by atoms with Crippen molar-refractivity contribution in [1.29, 1.82) is 0 Å². The zero-order valence-corrected chi connectivity index (χ0v) is 12.5. The number of hydrogen-bond acceptors (Lipinski definition) is 6. The molecular weight excluding hydrogens is 242 g/mol. The Kier molecular flexibility index (Phi) is 5.50. The molecule has 0 radical (unpaired) electrons. The molecule has 3 N–H and O–H groups in total. The van der Waals surface area contributed by atoms with Crippen molar-refractivity contribution in [2.45, 2.75) is 26.3 Å². The molecule has 0 spiro atoms. The summed E-state index contributed by atoms with van der Waals surface area (Å²) >= 11 is 0. The SMILES string of the molecule is COCCNc1cc(N(C)CC(C)(C)N)nc(C)n1. The van der Waals surface area contributed by atoms with Crippen molar-refractivity contribution in [3.63, 3.8) is 0 Å². The first-order valence-electron chi connectivity index (χ1n) is 6.40. The summed E-state index contributed by atoms with van der Waals surface area (Å²) in [5, 5.41) is 3.21. The zero-order chi connectivity index (χ0) is 14.5. The minimum Gasteiger partial charge on any atom is -0.383 e. The third-order valence-corrected chi connectivity index (χ3v) is 2.47. The van der Waals surface area contributed by atoms with Gasteiger partial charge in [0, 0.05) is 38.9 Å². The van der Waals surface area contributed by atoms with Crippen molar-refractivity contribution >= 4 is 11.6 Å². The Labute approximate surface area is 115 Å². The average molecular weight is 267 g/mol. The molecule has 0 aliphatic rings. The lowest BCUT2D eigenvalue weighted by Gasteiger charge is -2.27. The van der Waals surface area contributed by atoms with Gasteiger partial charge in [0.2, 0.25) is 0 Å². The van der Waals surface area contributed by atoms with Crippen molar-refractivity contribution in [2.24, 2.45) is 5.73 Å². The van der Waals surface area contributed by atoms with Gasteiger partial charge in [-0.3, -0.25) is 0 Å². The second-order valence-corrected chi connectivity index (χ2v) is 5.42. The van der Waals surface area contributed by atoms with Crippen molar-refractivity contribution < 1.29 is 4.74 Å². The minimum atomic E-state index is -0.267. The molecule has 0 unspecified atom stereocenters. The third-order valence-electron chi connectivity index (χ3n) is 2.47. The molecule has 1 aromatic rings. The number of nitrogens with two attached hydrogens (primary N) is 1. The first kappa shape index (κ1) is 15.7. The van der Waals surface area contributed by atoms with Gasteiger partial charge in [-0.2, -0.15) is 0 Å². The lowest BCUT2D eigenvalue weighted by molar-refractivity contribution is 0.210. The zero-order valence-electron chi connectivity index (χ0n) is 12.5. The van der Waals surface area contributed by atoms with E-state index < -0.39 is 0 Å². The van der Waals surface area contributed by atoms with Crippen LogP contribution in [0.5, 0.6) is 0 Å². The quantitative estimate of drug-likeness (QED) is 0.718. The molecule has 0 amide bonds. The summed E-state index contributed by atoms with van der Waals surface area (Å²) < 4.78 is 5.00. The average Bonchev–Trinajstić information content (AvgIpc) is 2.26. The van der Waals surface area contributed by atoms with E-state index in [0.29, 0.717) is 6.61 Å². The van der Waals surface area contributed by atoms with Crippen molar-refractivity contribution in [1.82, 2.24) is 9.97 Å². The standard InChI is InChI=1S/C13H25N5O/c1-10-16-11(15-6-7-19-5)8-12(17-10)18(4)9-13(2,3)14/h8H,6-7,9,14H2,1-5H3,(H,15,16,17). The Bertz CT molecular complexity index is 403. The molecule has 0 aliphatic carbocycles. The van der Waals surface area contributed by atoms with Crippen molar-refractivity contribution in [3.05, 3.63) is 11.9 Å². The number of methoxy groups -OCH3 is 1. The van der Waals surface area contributed by atoms with Gasteiger partial charge in [0.05, 0.1) is 6.61 Å². The van der Waals surface area contributed by atoms with Crippen LogP contribution in [-0.4, -0.2) is 49.4 Å². The molecule has 0 saturated carbocycles. The van der Waals surface area contributed by atoms with Crippen LogP contribution < -0.4 is 16.0 Å². The summed E-state index contributed by atoms with van der Waals surface area (Å²) in [5.74, 6) is 2.41. The molecule has 0 atom stereocenters. The largest absolute Gasteiger partial charge is 0.383 e. The van der Waals surface area contributed by atoms with Gasteiger partial charge in [0.25, 0.3) is 0 Å². The fourth-order valence-corrected chi connectivity index (χ4v) is 1.81. The molecule has 1 rings (SSSR count). The molecule has 0 aliphatic heterocycles. The lowest BCUT2D eigenvalue weighted by atomic mass is 10.1. The van der Waals surface area contributed by atoms with Gasteiger partial charge >= 0.3 is 0 Å². The number of rotatable bonds is 7. The predicted molar refractivity (Wildman–Crippen MR) is 78.7 cm³/mol. The Morgan fingerprint density at radius 1 is 1.42 bits per heavy atom. The number of nitrogens with one attached hydrogen (secondary N) is 1. The second kappa shape index (κ2) is 6.68. The molecule has 6 heteroatoms. The number of likely N-dealkylation sites (N-methyl/N-ethyl adjacent to an activating group) is 1. The first-order valence-corrected chi connectivity index (χ1v) is 6.40. The highest BCUT2D eigenvalue weighted by molar-refractivity contribution is 5.49. The van der Waals surface area contributed by atoms with Gasteiger partial charge in [-0.15, -0.1) is 0 Å². The Morgan fingerprint density at radius 3 is 2.68 bits per heavy atom. The number of nitrogens with zero attached hydrogens (tertiary/aromatic N) is 3. The van der Waals surface area contributed by atoms with Crippen LogP contribution in [0.1, 0.15) is 19.7 Å². The lowest BCUT2D eigenvalue weighted by Crippen LogP contribution is -2.44. The van der Waals surface area contributed by atoms with Crippen LogP contribution in [0.15, 0.2) is 6.07 Å². The first-order chi connectivity index (χ1) is 8.81. The Hall–Kier alpha value is -1.40. The monoisotopic (exact) mass is 267 g/mol. The minimum absolute atomic E-state index is 0.267. The maximum Gasteiger partial charge on any atom is 0.134 e. The molecule has 0 bridgehead atoms. The normalized spacial score (nSPS) is 11.5. The number of hydrogen-bond donors (Lipinski definition) is 2. The van der Waals surface area contributed by atoms with Crippen LogP contribution in [0, 0.1) is 6.92 Å². The summed E-state index contributed by atoms with van der Waals surface area (Å²) in [6, 6.07) is 1.92. The summed E-state index contributed by atoms with van der Waals surface area (Å²) in [6.45, 7) is 7.96. The van der Waals surface area contributed by atoms with E-state index in [1.54, 1.807) is 7.11 Å². The van der Waals surface area contributed by atoms with Gasteiger partial charge in [-0.25, -0.2) is 9.97 Å². The van der Waals surface area contributed by atoms with Crippen LogP contribution in [0.3, 0.4) is 0 Å². The summed E-state index contributed by atoms with van der Waals surface area (Å²) in [4.78, 5) is 10.8. The van der Waals surface area contributed by atoms with E-state index in [-0.39, 0.29) is 5.54 Å². The summed E-state index contributed by atoms with van der Waals surface area (Å²) in [7, 11) is 3.66. The van der Waals surface area contributed by atoms with Gasteiger partial charge < -0.3 is 20.7 Å². The molecule has 0 aromatic carbocycles. The van der Waals surface area contributed by atoms with Gasteiger partial charge in [-0.1, -0.05) is 0 Å². The maximum absolute atomic E-state index is 6.03. The van der Waals surface area contributed by atoms with Gasteiger partial charge in [-0.05, 0) is 20.8 Å². The van der Waals surface area contributed by atoms with E-state index >= 15 is 0 Å². The fraction of sp³-hybridized carbons (Fsp3) is 0.692. The molecule has 108 valence electrons. The molecule has 1 aromatic heterocycles. The second-order valence-electron chi connectivity index (χ2n) is 5.42. The van der Waals surface area contributed by atoms with Gasteiger partial charge in [0.1, 0.15) is 17.5 Å². The highest BCUT2D eigenvalue weighted by atomic mass is 16.5. The van der Waals surface area contributed by atoms with E-state index in [9.17, 15) is 0 Å². The van der Waals surface area contributed by atoms with Crippen LogP contribution in [0.2, 0.25) is 0 Å². The van der Waals surface area contributed by atoms with Crippen LogP contribution in [0.4, 0.5) is 11.6 Å². The summed E-state index contributed by atoms with van der Waals surface area (Å²) in [6.07, 6.45) is 0. The van der Waals surface area contributed by atoms with Crippen molar-refractivity contribution in [3.8, 4) is 0 Å². The predicted octanol–water partition coefficient (Wildman–Crippen LogP) is 1.02.